The third kappa shape index (κ3) is 2.08. The Kier molecular flexibility index (Phi) is 3.34. The van der Waals surface area contributed by atoms with Crippen molar-refractivity contribution in [1.82, 2.24) is 0 Å². The van der Waals surface area contributed by atoms with Gasteiger partial charge in [0, 0.05) is 6.07 Å². The maximum absolute atomic E-state index is 11.5. The van der Waals surface area contributed by atoms with Crippen LogP contribution in [0, 0.1) is 0 Å². The summed E-state index contributed by atoms with van der Waals surface area (Å²) in [7, 11) is 0. The van der Waals surface area contributed by atoms with Crippen LogP contribution in [0.1, 0.15) is 5.56 Å². The molecule has 0 aliphatic heterocycles. The first-order valence-electron chi connectivity index (χ1n) is 5.33. The molecular formula is C13H12O5. The molecule has 0 saturated carbocycles. The molecule has 1 heterocycles. The standard InChI is InChI=1S/C13H12O5/c1-2-9-12(15)10-4-3-8(17-6-5-14)7-11(10)18-13(9)16/h2-4,7,14-15H,1,5-6H2. The van der Waals surface area contributed by atoms with E-state index in [4.69, 9.17) is 14.3 Å². The second-order valence-corrected chi connectivity index (χ2v) is 3.59. The number of hydrogen-bond donors (Lipinski definition) is 2. The molecule has 0 unspecified atom stereocenters. The Hall–Kier alpha value is -2.27. The lowest BCUT2D eigenvalue weighted by atomic mass is 10.1. The van der Waals surface area contributed by atoms with Crippen LogP contribution < -0.4 is 10.4 Å². The molecule has 0 aliphatic carbocycles. The number of fused-ring (bicyclic) bond motifs is 1. The highest BCUT2D eigenvalue weighted by molar-refractivity contribution is 5.87. The van der Waals surface area contributed by atoms with E-state index in [1.54, 1.807) is 12.1 Å². The summed E-state index contributed by atoms with van der Waals surface area (Å²) >= 11 is 0. The maximum atomic E-state index is 11.5. The molecule has 1 aromatic carbocycles. The smallest absolute Gasteiger partial charge is 0.347 e. The number of aliphatic hydroxyl groups excluding tert-OH is 1. The Morgan fingerprint density at radius 2 is 2.22 bits per heavy atom. The number of rotatable bonds is 4. The zero-order valence-electron chi connectivity index (χ0n) is 9.55. The number of aromatic hydroxyl groups is 1. The molecule has 0 aliphatic rings. The molecule has 5 heteroatoms. The van der Waals surface area contributed by atoms with Gasteiger partial charge in [-0.2, -0.15) is 0 Å². The lowest BCUT2D eigenvalue weighted by Gasteiger charge is -2.06. The van der Waals surface area contributed by atoms with Crippen LogP contribution in [0.3, 0.4) is 0 Å². The maximum Gasteiger partial charge on any atom is 0.347 e. The van der Waals surface area contributed by atoms with Gasteiger partial charge in [0.15, 0.2) is 0 Å². The van der Waals surface area contributed by atoms with E-state index in [0.29, 0.717) is 11.1 Å². The predicted octanol–water partition coefficient (Wildman–Crippen LogP) is 1.51. The Morgan fingerprint density at radius 1 is 1.44 bits per heavy atom. The topological polar surface area (TPSA) is 79.9 Å². The van der Waals surface area contributed by atoms with E-state index in [9.17, 15) is 9.90 Å². The monoisotopic (exact) mass is 248 g/mol. The van der Waals surface area contributed by atoms with Crippen molar-refractivity contribution in [3.8, 4) is 11.5 Å². The highest BCUT2D eigenvalue weighted by atomic mass is 16.5. The van der Waals surface area contributed by atoms with Crippen molar-refractivity contribution in [1.29, 1.82) is 0 Å². The normalized spacial score (nSPS) is 10.5. The quantitative estimate of drug-likeness (QED) is 0.802. The lowest BCUT2D eigenvalue weighted by Crippen LogP contribution is -2.04. The van der Waals surface area contributed by atoms with Crippen molar-refractivity contribution in [2.45, 2.75) is 0 Å². The molecule has 0 atom stereocenters. The molecule has 2 aromatic rings. The van der Waals surface area contributed by atoms with Gasteiger partial charge < -0.3 is 19.4 Å². The molecule has 5 nitrogen and oxygen atoms in total. The predicted molar refractivity (Wildman–Crippen MR) is 66.8 cm³/mol. The Balaban J connectivity index is 2.58. The van der Waals surface area contributed by atoms with Gasteiger partial charge in [0.1, 0.15) is 29.3 Å². The third-order valence-electron chi connectivity index (χ3n) is 2.45. The van der Waals surface area contributed by atoms with Gasteiger partial charge in [-0.3, -0.25) is 0 Å². The summed E-state index contributed by atoms with van der Waals surface area (Å²) in [5.74, 6) is 0.287. The minimum Gasteiger partial charge on any atom is -0.506 e. The zero-order chi connectivity index (χ0) is 13.1. The molecule has 2 N–H and O–H groups in total. The Labute approximate surface area is 103 Å². The van der Waals surface area contributed by atoms with Crippen molar-refractivity contribution in [3.63, 3.8) is 0 Å². The van der Waals surface area contributed by atoms with Crippen molar-refractivity contribution in [2.24, 2.45) is 0 Å². The third-order valence-corrected chi connectivity index (χ3v) is 2.45. The Bertz CT molecular complexity index is 642. The molecule has 18 heavy (non-hydrogen) atoms. The van der Waals surface area contributed by atoms with E-state index < -0.39 is 5.63 Å². The second kappa shape index (κ2) is 4.93. The first-order valence-corrected chi connectivity index (χ1v) is 5.33. The van der Waals surface area contributed by atoms with E-state index in [0.717, 1.165) is 0 Å². The van der Waals surface area contributed by atoms with Gasteiger partial charge in [0.05, 0.1) is 12.0 Å². The van der Waals surface area contributed by atoms with Gasteiger partial charge in [0.25, 0.3) is 0 Å². The van der Waals surface area contributed by atoms with Crippen molar-refractivity contribution in [3.05, 3.63) is 40.8 Å². The minimum absolute atomic E-state index is 0.0338. The molecule has 0 radical (unpaired) electrons. The van der Waals surface area contributed by atoms with E-state index in [1.165, 1.54) is 12.1 Å². The van der Waals surface area contributed by atoms with Gasteiger partial charge in [-0.15, -0.1) is 0 Å². The highest BCUT2D eigenvalue weighted by Crippen LogP contribution is 2.29. The first kappa shape index (κ1) is 12.2. The molecule has 0 saturated heterocycles. The number of aliphatic hydroxyl groups is 1. The molecule has 0 spiro atoms. The summed E-state index contributed by atoms with van der Waals surface area (Å²) in [6, 6.07) is 4.68. The summed E-state index contributed by atoms with van der Waals surface area (Å²) in [6.45, 7) is 3.48. The largest absolute Gasteiger partial charge is 0.506 e. The molecule has 94 valence electrons. The van der Waals surface area contributed by atoms with Crippen molar-refractivity contribution >= 4 is 17.0 Å². The van der Waals surface area contributed by atoms with Crippen molar-refractivity contribution < 1.29 is 19.4 Å². The van der Waals surface area contributed by atoms with Crippen LogP contribution in [-0.4, -0.2) is 23.4 Å². The van der Waals surface area contributed by atoms with Gasteiger partial charge in [0.2, 0.25) is 0 Å². The molecule has 1 aromatic heterocycles. The molecule has 0 bridgehead atoms. The molecular weight excluding hydrogens is 236 g/mol. The number of benzene rings is 1. The summed E-state index contributed by atoms with van der Waals surface area (Å²) in [5, 5.41) is 18.9. The van der Waals surface area contributed by atoms with E-state index in [1.807, 2.05) is 0 Å². The molecule has 2 rings (SSSR count). The summed E-state index contributed by atoms with van der Waals surface area (Å²) in [5.41, 5.74) is -0.403. The van der Waals surface area contributed by atoms with Gasteiger partial charge in [-0.25, -0.2) is 4.79 Å². The summed E-state index contributed by atoms with van der Waals surface area (Å²) in [4.78, 5) is 11.5. The van der Waals surface area contributed by atoms with Gasteiger partial charge >= 0.3 is 5.63 Å². The number of hydrogen-bond acceptors (Lipinski definition) is 5. The van der Waals surface area contributed by atoms with E-state index >= 15 is 0 Å². The van der Waals surface area contributed by atoms with E-state index in [-0.39, 0.29) is 30.1 Å². The Morgan fingerprint density at radius 3 is 2.89 bits per heavy atom. The van der Waals surface area contributed by atoms with Gasteiger partial charge in [-0.1, -0.05) is 12.7 Å². The highest BCUT2D eigenvalue weighted by Gasteiger charge is 2.11. The average molecular weight is 248 g/mol. The molecule has 0 amide bonds. The first-order chi connectivity index (χ1) is 8.67. The fraction of sp³-hybridized carbons (Fsp3) is 0.154. The summed E-state index contributed by atoms with van der Waals surface area (Å²) in [6.07, 6.45) is 1.25. The van der Waals surface area contributed by atoms with Crippen LogP contribution in [0.15, 0.2) is 34.0 Å². The zero-order valence-corrected chi connectivity index (χ0v) is 9.55. The second-order valence-electron chi connectivity index (χ2n) is 3.59. The van der Waals surface area contributed by atoms with E-state index in [2.05, 4.69) is 6.58 Å². The summed E-state index contributed by atoms with van der Waals surface area (Å²) < 4.78 is 10.2. The van der Waals surface area contributed by atoms with Gasteiger partial charge in [-0.05, 0) is 12.1 Å². The minimum atomic E-state index is -0.658. The van der Waals surface area contributed by atoms with Crippen molar-refractivity contribution in [2.75, 3.05) is 13.2 Å². The fourth-order valence-corrected chi connectivity index (χ4v) is 1.61. The SMILES string of the molecule is C=Cc1c(O)c2ccc(OCCO)cc2oc1=O. The lowest BCUT2D eigenvalue weighted by molar-refractivity contribution is 0.201. The fourth-order valence-electron chi connectivity index (χ4n) is 1.61. The van der Waals surface area contributed by atoms with Crippen LogP contribution in [0.25, 0.3) is 17.0 Å². The number of ether oxygens (including phenoxy) is 1. The van der Waals surface area contributed by atoms with Crippen LogP contribution in [0.4, 0.5) is 0 Å². The van der Waals surface area contributed by atoms with Crippen LogP contribution in [0.5, 0.6) is 11.5 Å². The average Bonchev–Trinajstić information content (AvgIpc) is 2.36. The molecule has 0 fully saturated rings. The van der Waals surface area contributed by atoms with Crippen LogP contribution in [0.2, 0.25) is 0 Å². The van der Waals surface area contributed by atoms with Crippen LogP contribution >= 0.6 is 0 Å². The van der Waals surface area contributed by atoms with Crippen LogP contribution in [-0.2, 0) is 0 Å².